The van der Waals surface area contributed by atoms with Crippen LogP contribution in [0.5, 0.6) is 5.88 Å². The summed E-state index contributed by atoms with van der Waals surface area (Å²) in [6.45, 7) is 4.84. The highest BCUT2D eigenvalue weighted by Crippen LogP contribution is 2.51. The summed E-state index contributed by atoms with van der Waals surface area (Å²) in [7, 11) is 1.88. The van der Waals surface area contributed by atoms with Crippen LogP contribution in [0, 0.1) is 5.92 Å². The lowest BCUT2D eigenvalue weighted by Crippen LogP contribution is -2.61. The molecule has 0 unspecified atom stereocenters. The summed E-state index contributed by atoms with van der Waals surface area (Å²) in [6.07, 6.45) is 8.87. The maximum Gasteiger partial charge on any atom is 0.254 e. The van der Waals surface area contributed by atoms with Gasteiger partial charge in [-0.15, -0.1) is 0 Å². The fourth-order valence-electron chi connectivity index (χ4n) is 5.11. The molecule has 1 amide bonds. The molecule has 3 fully saturated rings. The highest BCUT2D eigenvalue weighted by Gasteiger charge is 2.61. The molecule has 0 N–H and O–H groups in total. The number of ether oxygens (including phenoxy) is 2. The third-order valence-electron chi connectivity index (χ3n) is 6.87. The largest absolute Gasteiger partial charge is 0.469 e. The molecule has 9 heteroatoms. The standard InChI is InChI=1S/C21H24N6O3/c1-12-18(29-12)20(28)26-7-5-14-17(26)8-21(14,2)30-19-16-4-6-22-27(16)11-15(24-19)13-9-23-25(3)10-13/h4,6,9-12,14,17-18H,5,7-8H2,1-3H3/t12-,14+,17+,18+,21+/m0/s1. The van der Waals surface area contributed by atoms with Gasteiger partial charge in [0.15, 0.2) is 6.10 Å². The molecule has 2 saturated heterocycles. The Bertz CT molecular complexity index is 1150. The Balaban J connectivity index is 1.27. The van der Waals surface area contributed by atoms with Gasteiger partial charge in [0.25, 0.3) is 5.91 Å². The van der Waals surface area contributed by atoms with E-state index in [-0.39, 0.29) is 29.8 Å². The molecule has 5 atom stereocenters. The van der Waals surface area contributed by atoms with Gasteiger partial charge in [-0.25, -0.2) is 9.50 Å². The Labute approximate surface area is 173 Å². The topological polar surface area (TPSA) is 90.1 Å². The Hall–Kier alpha value is -2.94. The summed E-state index contributed by atoms with van der Waals surface area (Å²) in [5, 5.41) is 8.63. The average Bonchev–Trinajstić information content (AvgIpc) is 3.10. The van der Waals surface area contributed by atoms with Gasteiger partial charge in [0.05, 0.1) is 30.4 Å². The lowest BCUT2D eigenvalue weighted by molar-refractivity contribution is -0.143. The minimum absolute atomic E-state index is 0.0498. The fraction of sp³-hybridized carbons (Fsp3) is 0.524. The van der Waals surface area contributed by atoms with Crippen LogP contribution in [-0.2, 0) is 16.6 Å². The second kappa shape index (κ2) is 6.04. The number of rotatable bonds is 4. The van der Waals surface area contributed by atoms with Gasteiger partial charge >= 0.3 is 0 Å². The zero-order valence-corrected chi connectivity index (χ0v) is 17.2. The summed E-state index contributed by atoms with van der Waals surface area (Å²) in [5.41, 5.74) is 2.14. The van der Waals surface area contributed by atoms with Crippen LogP contribution in [0.1, 0.15) is 26.7 Å². The Morgan fingerprint density at radius 1 is 1.33 bits per heavy atom. The molecule has 0 spiro atoms. The number of hydrogen-bond acceptors (Lipinski definition) is 6. The third kappa shape index (κ3) is 2.57. The zero-order valence-electron chi connectivity index (χ0n) is 17.2. The predicted molar refractivity (Wildman–Crippen MR) is 107 cm³/mol. The first-order valence-corrected chi connectivity index (χ1v) is 10.4. The number of nitrogens with zero attached hydrogens (tertiary/aromatic N) is 6. The van der Waals surface area contributed by atoms with Crippen LogP contribution in [0.3, 0.4) is 0 Å². The molecule has 1 aliphatic carbocycles. The number of carbonyl (C=O) groups is 1. The van der Waals surface area contributed by atoms with Crippen molar-refractivity contribution in [2.24, 2.45) is 13.0 Å². The van der Waals surface area contributed by atoms with Crippen LogP contribution in [0.4, 0.5) is 0 Å². The predicted octanol–water partition coefficient (Wildman–Crippen LogP) is 1.68. The first kappa shape index (κ1) is 17.9. The molecule has 3 aromatic heterocycles. The average molecular weight is 408 g/mol. The van der Waals surface area contributed by atoms with E-state index < -0.39 is 0 Å². The van der Waals surface area contributed by atoms with Gasteiger partial charge in [-0.2, -0.15) is 10.2 Å². The van der Waals surface area contributed by atoms with Gasteiger partial charge in [-0.1, -0.05) is 0 Å². The molecular formula is C21H24N6O3. The number of fused-ring (bicyclic) bond motifs is 2. The SMILES string of the molecule is C[C@@H]1O[C@H]1C(=O)N1CC[C@@H]2[C@H]1C[C@@]2(C)Oc1nc(-c2cnn(C)c2)cn2nccc12. The monoisotopic (exact) mass is 408 g/mol. The number of likely N-dealkylation sites (tertiary alicyclic amines) is 1. The lowest BCUT2D eigenvalue weighted by Gasteiger charge is -2.51. The molecule has 3 aliphatic rings. The van der Waals surface area contributed by atoms with Crippen molar-refractivity contribution in [3.8, 4) is 17.1 Å². The Morgan fingerprint density at radius 2 is 2.17 bits per heavy atom. The lowest BCUT2D eigenvalue weighted by atomic mass is 9.66. The van der Waals surface area contributed by atoms with Crippen molar-refractivity contribution in [3.05, 3.63) is 30.9 Å². The molecule has 2 aliphatic heterocycles. The van der Waals surface area contributed by atoms with Gasteiger partial charge in [0.1, 0.15) is 11.1 Å². The van der Waals surface area contributed by atoms with Crippen LogP contribution in [-0.4, -0.2) is 65.6 Å². The molecule has 0 radical (unpaired) electrons. The summed E-state index contributed by atoms with van der Waals surface area (Å²) >= 11 is 0. The quantitative estimate of drug-likeness (QED) is 0.610. The Morgan fingerprint density at radius 3 is 2.90 bits per heavy atom. The first-order valence-electron chi connectivity index (χ1n) is 10.4. The number of hydrogen-bond donors (Lipinski definition) is 0. The Kier molecular flexibility index (Phi) is 3.60. The summed E-state index contributed by atoms with van der Waals surface area (Å²) in [4.78, 5) is 19.5. The number of aromatic nitrogens is 5. The molecular weight excluding hydrogens is 384 g/mol. The van der Waals surface area contributed by atoms with E-state index in [9.17, 15) is 4.79 Å². The van der Waals surface area contributed by atoms with E-state index >= 15 is 0 Å². The van der Waals surface area contributed by atoms with E-state index in [0.29, 0.717) is 11.8 Å². The normalized spacial score (nSPS) is 32.2. The number of aryl methyl sites for hydroxylation is 1. The van der Waals surface area contributed by atoms with Crippen molar-refractivity contribution in [2.45, 2.75) is 50.5 Å². The zero-order chi connectivity index (χ0) is 20.6. The van der Waals surface area contributed by atoms with Crippen molar-refractivity contribution in [1.82, 2.24) is 29.3 Å². The molecule has 156 valence electrons. The van der Waals surface area contributed by atoms with Crippen LogP contribution in [0.15, 0.2) is 30.9 Å². The van der Waals surface area contributed by atoms with Crippen LogP contribution >= 0.6 is 0 Å². The highest BCUT2D eigenvalue weighted by atomic mass is 16.6. The maximum absolute atomic E-state index is 12.6. The van der Waals surface area contributed by atoms with Gasteiger partial charge in [-0.05, 0) is 26.3 Å². The molecule has 9 nitrogen and oxygen atoms in total. The number of carbonyl (C=O) groups excluding carboxylic acids is 1. The summed E-state index contributed by atoms with van der Waals surface area (Å²) < 4.78 is 15.5. The van der Waals surface area contributed by atoms with E-state index in [1.54, 1.807) is 21.6 Å². The molecule has 0 aromatic carbocycles. The van der Waals surface area contributed by atoms with E-state index in [1.807, 2.05) is 37.3 Å². The number of amides is 1. The first-order chi connectivity index (χ1) is 14.4. The van der Waals surface area contributed by atoms with Gasteiger partial charge in [0, 0.05) is 43.7 Å². The smallest absolute Gasteiger partial charge is 0.254 e. The van der Waals surface area contributed by atoms with Crippen LogP contribution < -0.4 is 4.74 Å². The second-order valence-corrected chi connectivity index (χ2v) is 8.87. The van der Waals surface area contributed by atoms with E-state index in [0.717, 1.165) is 36.2 Å². The van der Waals surface area contributed by atoms with Gasteiger partial charge in [-0.3, -0.25) is 9.48 Å². The highest BCUT2D eigenvalue weighted by molar-refractivity contribution is 5.84. The van der Waals surface area contributed by atoms with E-state index in [4.69, 9.17) is 14.5 Å². The molecule has 0 bridgehead atoms. The van der Waals surface area contributed by atoms with Crippen LogP contribution in [0.25, 0.3) is 16.8 Å². The minimum Gasteiger partial charge on any atom is -0.469 e. The van der Waals surface area contributed by atoms with Crippen molar-refractivity contribution >= 4 is 11.4 Å². The van der Waals surface area contributed by atoms with Crippen molar-refractivity contribution < 1.29 is 14.3 Å². The molecule has 1 saturated carbocycles. The molecule has 3 aromatic rings. The third-order valence-corrected chi connectivity index (χ3v) is 6.87. The molecule has 5 heterocycles. The van der Waals surface area contributed by atoms with Crippen LogP contribution in [0.2, 0.25) is 0 Å². The van der Waals surface area contributed by atoms with Crippen molar-refractivity contribution in [2.75, 3.05) is 6.54 Å². The van der Waals surface area contributed by atoms with Gasteiger partial charge < -0.3 is 14.4 Å². The van der Waals surface area contributed by atoms with Crippen molar-refractivity contribution in [3.63, 3.8) is 0 Å². The summed E-state index contributed by atoms with van der Waals surface area (Å²) in [6, 6.07) is 2.13. The maximum atomic E-state index is 12.6. The fourth-order valence-corrected chi connectivity index (χ4v) is 5.11. The van der Waals surface area contributed by atoms with E-state index in [1.165, 1.54) is 0 Å². The van der Waals surface area contributed by atoms with Crippen molar-refractivity contribution in [1.29, 1.82) is 0 Å². The molecule has 6 rings (SSSR count). The van der Waals surface area contributed by atoms with Gasteiger partial charge in [0.2, 0.25) is 5.88 Å². The summed E-state index contributed by atoms with van der Waals surface area (Å²) in [5.74, 6) is 0.994. The minimum atomic E-state index is -0.360. The molecule has 30 heavy (non-hydrogen) atoms. The number of epoxide rings is 1. The second-order valence-electron chi connectivity index (χ2n) is 8.87. The van der Waals surface area contributed by atoms with E-state index in [2.05, 4.69) is 17.1 Å².